The summed E-state index contributed by atoms with van der Waals surface area (Å²) in [6, 6.07) is 9.01. The quantitative estimate of drug-likeness (QED) is 0.383. The first-order valence-corrected chi connectivity index (χ1v) is 10.8. The van der Waals surface area contributed by atoms with Crippen LogP contribution in [0.15, 0.2) is 42.6 Å². The van der Waals surface area contributed by atoms with Crippen LogP contribution in [-0.4, -0.2) is 46.4 Å². The van der Waals surface area contributed by atoms with Gasteiger partial charge >= 0.3 is 6.18 Å². The Labute approximate surface area is 196 Å². The third-order valence-electron chi connectivity index (χ3n) is 5.24. The predicted octanol–water partition coefficient (Wildman–Crippen LogP) is 4.40. The summed E-state index contributed by atoms with van der Waals surface area (Å²) in [5.41, 5.74) is 4.45. The molecular formula is C24H30F4N4O2. The summed E-state index contributed by atoms with van der Waals surface area (Å²) >= 11 is 0. The van der Waals surface area contributed by atoms with Gasteiger partial charge in [-0.1, -0.05) is 18.2 Å². The normalized spacial score (nSPS) is 16.2. The number of piperidine rings is 1. The van der Waals surface area contributed by atoms with Crippen molar-refractivity contribution in [2.45, 2.75) is 57.5 Å². The Morgan fingerprint density at radius 3 is 2.26 bits per heavy atom. The minimum Gasteiger partial charge on any atom is -0.398 e. The van der Waals surface area contributed by atoms with E-state index in [1.807, 2.05) is 31.7 Å². The number of halogens is 4. The number of aromatic nitrogens is 1. The monoisotopic (exact) mass is 482 g/mol. The number of nitrogens with two attached hydrogens (primary N) is 1. The van der Waals surface area contributed by atoms with Crippen LogP contribution >= 0.6 is 0 Å². The summed E-state index contributed by atoms with van der Waals surface area (Å²) in [6.45, 7) is 6.96. The van der Waals surface area contributed by atoms with Crippen LogP contribution in [-0.2, 0) is 17.5 Å². The van der Waals surface area contributed by atoms with Gasteiger partial charge in [-0.25, -0.2) is 4.39 Å². The van der Waals surface area contributed by atoms with Gasteiger partial charge in [-0.2, -0.15) is 13.2 Å². The molecule has 1 amide bonds. The molecule has 2 heterocycles. The molecule has 0 bridgehead atoms. The maximum absolute atomic E-state index is 14.9. The van der Waals surface area contributed by atoms with Crippen molar-refractivity contribution in [3.8, 4) is 0 Å². The molecule has 0 unspecified atom stereocenters. The van der Waals surface area contributed by atoms with Gasteiger partial charge in [0, 0.05) is 55.5 Å². The summed E-state index contributed by atoms with van der Waals surface area (Å²) in [5, 5.41) is 2.72. The summed E-state index contributed by atoms with van der Waals surface area (Å²) in [4.78, 5) is 28.6. The number of alkyl halides is 4. The van der Waals surface area contributed by atoms with Gasteiger partial charge in [0.25, 0.3) is 5.91 Å². The van der Waals surface area contributed by atoms with Crippen molar-refractivity contribution < 1.29 is 27.2 Å². The molecule has 1 aliphatic heterocycles. The number of anilines is 1. The molecule has 34 heavy (non-hydrogen) atoms. The first-order chi connectivity index (χ1) is 15.7. The van der Waals surface area contributed by atoms with Gasteiger partial charge < -0.3 is 11.1 Å². The molecule has 0 spiro atoms. The van der Waals surface area contributed by atoms with Crippen LogP contribution in [0.3, 0.4) is 0 Å². The SMILES string of the molecule is CC(C)(C)NC(=O)C1(F)CCN(Cc2cccc(N)c2C=O)CC1.FC(F)(F)c1ccccn1. The molecule has 10 heteroatoms. The molecule has 186 valence electrons. The number of carbonyl (C=O) groups excluding carboxylic acids is 2. The Kier molecular flexibility index (Phi) is 8.77. The number of carbonyl (C=O) groups is 2. The highest BCUT2D eigenvalue weighted by molar-refractivity contribution is 5.86. The van der Waals surface area contributed by atoms with Gasteiger partial charge in [-0.15, -0.1) is 0 Å². The van der Waals surface area contributed by atoms with Crippen molar-refractivity contribution in [2.24, 2.45) is 0 Å². The average Bonchev–Trinajstić information content (AvgIpc) is 2.75. The van der Waals surface area contributed by atoms with E-state index in [2.05, 4.69) is 10.3 Å². The highest BCUT2D eigenvalue weighted by atomic mass is 19.4. The molecule has 0 radical (unpaired) electrons. The lowest BCUT2D eigenvalue weighted by Gasteiger charge is -2.37. The Bertz CT molecular complexity index is 967. The molecule has 3 rings (SSSR count). The molecule has 0 atom stereocenters. The number of benzene rings is 1. The smallest absolute Gasteiger partial charge is 0.398 e. The van der Waals surface area contributed by atoms with Crippen LogP contribution in [0.1, 0.15) is 55.2 Å². The predicted molar refractivity (Wildman–Crippen MR) is 122 cm³/mol. The molecule has 2 aromatic rings. The number of nitrogen functional groups attached to an aromatic ring is 1. The zero-order chi connectivity index (χ0) is 25.6. The van der Waals surface area contributed by atoms with Gasteiger partial charge in [0.2, 0.25) is 0 Å². The lowest BCUT2D eigenvalue weighted by Crippen LogP contribution is -2.55. The Balaban J connectivity index is 0.000000340. The van der Waals surface area contributed by atoms with Gasteiger partial charge in [0.05, 0.1) is 0 Å². The van der Waals surface area contributed by atoms with E-state index in [1.165, 1.54) is 12.1 Å². The number of nitrogens with zero attached hydrogens (tertiary/aromatic N) is 2. The van der Waals surface area contributed by atoms with Crippen LogP contribution in [0.5, 0.6) is 0 Å². The van der Waals surface area contributed by atoms with Gasteiger partial charge in [-0.3, -0.25) is 19.5 Å². The van der Waals surface area contributed by atoms with Crippen LogP contribution < -0.4 is 11.1 Å². The van der Waals surface area contributed by atoms with Crippen molar-refractivity contribution in [1.29, 1.82) is 0 Å². The second-order valence-electron chi connectivity index (χ2n) is 9.20. The van der Waals surface area contributed by atoms with Crippen LogP contribution in [0, 0.1) is 0 Å². The number of aldehydes is 1. The fourth-order valence-corrected chi connectivity index (χ4v) is 3.43. The van der Waals surface area contributed by atoms with Crippen molar-refractivity contribution in [3.05, 3.63) is 59.4 Å². The summed E-state index contributed by atoms with van der Waals surface area (Å²) < 4.78 is 50.1. The molecule has 1 aromatic heterocycles. The van der Waals surface area contributed by atoms with Gasteiger partial charge in [0.1, 0.15) is 5.69 Å². The number of pyridine rings is 1. The van der Waals surface area contributed by atoms with Crippen LogP contribution in [0.2, 0.25) is 0 Å². The summed E-state index contributed by atoms with van der Waals surface area (Å²) in [6.07, 6.45) is -2.16. The van der Waals surface area contributed by atoms with Crippen molar-refractivity contribution >= 4 is 17.9 Å². The van der Waals surface area contributed by atoms with Crippen LogP contribution in [0.25, 0.3) is 0 Å². The number of nitrogens with one attached hydrogen (secondary N) is 1. The largest absolute Gasteiger partial charge is 0.433 e. The molecule has 1 aromatic carbocycles. The first-order valence-electron chi connectivity index (χ1n) is 10.8. The van der Waals surface area contributed by atoms with Crippen LogP contribution in [0.4, 0.5) is 23.2 Å². The molecule has 0 saturated carbocycles. The number of amides is 1. The fraction of sp³-hybridized carbons (Fsp3) is 0.458. The number of rotatable bonds is 4. The average molecular weight is 483 g/mol. The first kappa shape index (κ1) is 27.2. The van der Waals surface area contributed by atoms with Crippen molar-refractivity contribution in [2.75, 3.05) is 18.8 Å². The molecule has 6 nitrogen and oxygen atoms in total. The maximum atomic E-state index is 14.9. The molecule has 1 saturated heterocycles. The van der Waals surface area contributed by atoms with E-state index >= 15 is 0 Å². The molecular weight excluding hydrogens is 452 g/mol. The minimum atomic E-state index is -4.32. The summed E-state index contributed by atoms with van der Waals surface area (Å²) in [7, 11) is 0. The third-order valence-corrected chi connectivity index (χ3v) is 5.24. The lowest BCUT2D eigenvalue weighted by molar-refractivity contribution is -0.141. The topological polar surface area (TPSA) is 88.3 Å². The Morgan fingerprint density at radius 1 is 1.15 bits per heavy atom. The van der Waals surface area contributed by atoms with E-state index in [1.54, 1.807) is 12.1 Å². The third kappa shape index (κ3) is 7.79. The lowest BCUT2D eigenvalue weighted by atomic mass is 9.90. The molecule has 3 N–H and O–H groups in total. The van der Waals surface area contributed by atoms with E-state index in [9.17, 15) is 27.2 Å². The van der Waals surface area contributed by atoms with E-state index in [4.69, 9.17) is 5.73 Å². The maximum Gasteiger partial charge on any atom is 0.433 e. The number of likely N-dealkylation sites (tertiary alicyclic amines) is 1. The Hall–Kier alpha value is -3.01. The molecule has 1 fully saturated rings. The van der Waals surface area contributed by atoms with E-state index in [0.29, 0.717) is 30.9 Å². The Morgan fingerprint density at radius 2 is 1.79 bits per heavy atom. The molecule has 0 aliphatic carbocycles. The minimum absolute atomic E-state index is 0.146. The number of hydrogen-bond donors (Lipinski definition) is 2. The molecule has 1 aliphatic rings. The van der Waals surface area contributed by atoms with Crippen molar-refractivity contribution in [3.63, 3.8) is 0 Å². The van der Waals surface area contributed by atoms with Gasteiger partial charge in [-0.05, 0) is 44.5 Å². The fourth-order valence-electron chi connectivity index (χ4n) is 3.43. The van der Waals surface area contributed by atoms with E-state index < -0.39 is 29.0 Å². The second-order valence-corrected chi connectivity index (χ2v) is 9.20. The highest BCUT2D eigenvalue weighted by Gasteiger charge is 2.42. The zero-order valence-corrected chi connectivity index (χ0v) is 19.5. The van der Waals surface area contributed by atoms with Crippen molar-refractivity contribution in [1.82, 2.24) is 15.2 Å². The van der Waals surface area contributed by atoms with E-state index in [0.717, 1.165) is 24.1 Å². The summed E-state index contributed by atoms with van der Waals surface area (Å²) in [5.74, 6) is -0.535. The van der Waals surface area contributed by atoms with Gasteiger partial charge in [0.15, 0.2) is 12.0 Å². The number of hydrogen-bond acceptors (Lipinski definition) is 5. The van der Waals surface area contributed by atoms with E-state index in [-0.39, 0.29) is 12.8 Å². The standard InChI is InChI=1S/C18H26FN3O2.C6H4F3N/c1-17(2,3)21-16(24)18(19)7-9-22(10-8-18)11-13-5-4-6-15(20)14(13)12-23;7-6(8,9)5-3-1-2-4-10-5/h4-6,12H,7-11,20H2,1-3H3,(H,21,24);1-4H. The second kappa shape index (κ2) is 10.9. The highest BCUT2D eigenvalue weighted by Crippen LogP contribution is 2.29. The zero-order valence-electron chi connectivity index (χ0n) is 19.5.